The highest BCUT2D eigenvalue weighted by Gasteiger charge is 2.40. The Hall–Kier alpha value is -3.55. The summed E-state index contributed by atoms with van der Waals surface area (Å²) in [7, 11) is -4.67. The molecule has 4 aromatic rings. The number of phosphoric acid groups is 1. The van der Waals surface area contributed by atoms with Crippen molar-refractivity contribution >= 4 is 36.1 Å². The van der Waals surface area contributed by atoms with E-state index in [0.29, 0.717) is 5.82 Å². The monoisotopic (exact) mass is 595 g/mol. The summed E-state index contributed by atoms with van der Waals surface area (Å²) in [6.07, 6.45) is -2.92. The molecule has 0 aliphatic carbocycles. The molecule has 6 rings (SSSR count). The normalized spacial score (nSPS) is 28.1. The number of anilines is 1. The van der Waals surface area contributed by atoms with Gasteiger partial charge in [-0.25, -0.2) is 19.5 Å². The summed E-state index contributed by atoms with van der Waals surface area (Å²) < 4.78 is 37.1. The number of nitrogen functional groups attached to an aromatic ring is 1. The van der Waals surface area contributed by atoms with Crippen LogP contribution in [0.15, 0.2) is 22.2 Å². The first-order chi connectivity index (χ1) is 19.5. The highest BCUT2D eigenvalue weighted by atomic mass is 31.2. The maximum atomic E-state index is 12.6. The Balaban J connectivity index is 1.05. The van der Waals surface area contributed by atoms with Gasteiger partial charge in [0.05, 0.1) is 38.1 Å². The highest BCUT2D eigenvalue weighted by Crippen LogP contribution is 2.45. The van der Waals surface area contributed by atoms with Crippen LogP contribution >= 0.6 is 7.82 Å². The van der Waals surface area contributed by atoms with Gasteiger partial charge in [-0.3, -0.25) is 32.8 Å². The lowest BCUT2D eigenvalue weighted by Crippen LogP contribution is -2.28. The van der Waals surface area contributed by atoms with Crippen molar-refractivity contribution in [3.63, 3.8) is 0 Å². The zero-order valence-electron chi connectivity index (χ0n) is 21.4. The molecule has 0 aromatic carbocycles. The standard InChI is InChI=1S/C21H26N9O10P/c1-8-25-17-15(19(33)26-8)23-6-29(17)13-2-9(31)11(39-13)4-37-41(35,36)38-5-12-10(32)3-14(40-12)30-7-24-16-18(30)27-21(22)28-20(16)34/h6-7,9-14,31-32H,2-5H2,1H3,(H,35,36)(H,25,26,33)(H3,22,27,28,34)/t9?,10?,11-,12-,13-,14?/m1/s1. The second-order valence-corrected chi connectivity index (χ2v) is 11.1. The third kappa shape index (κ3) is 5.29. The predicted octanol–water partition coefficient (Wildman–Crippen LogP) is -1.43. The number of hydrogen-bond acceptors (Lipinski definition) is 14. The largest absolute Gasteiger partial charge is 0.472 e. The van der Waals surface area contributed by atoms with Crippen LogP contribution in [0.5, 0.6) is 0 Å². The molecular weight excluding hydrogens is 569 g/mol. The van der Waals surface area contributed by atoms with Gasteiger partial charge in [0.1, 0.15) is 30.5 Å². The molecular formula is C21H26N9O10P. The van der Waals surface area contributed by atoms with Gasteiger partial charge in [0.2, 0.25) is 5.95 Å². The number of phosphoric ester groups is 1. The van der Waals surface area contributed by atoms with Crippen LogP contribution in [0.2, 0.25) is 0 Å². The van der Waals surface area contributed by atoms with E-state index < -0.39 is 69.0 Å². The summed E-state index contributed by atoms with van der Waals surface area (Å²) in [4.78, 5) is 55.6. The van der Waals surface area contributed by atoms with E-state index in [4.69, 9.17) is 24.3 Å². The van der Waals surface area contributed by atoms with Crippen molar-refractivity contribution in [3.05, 3.63) is 39.2 Å². The van der Waals surface area contributed by atoms with Crippen molar-refractivity contribution in [2.45, 2.75) is 56.6 Å². The first-order valence-corrected chi connectivity index (χ1v) is 13.9. The second-order valence-electron chi connectivity index (χ2n) is 9.68. The molecule has 0 saturated carbocycles. The van der Waals surface area contributed by atoms with Gasteiger partial charge >= 0.3 is 7.82 Å². The SMILES string of the molecule is Cc1nc2c(ncn2[C@H]2CC(O)[C@@H](COP(=O)(O)OC[C@H]3OC(n4cnc5c(=O)[nH]c(N)nc54)CC3O)O2)c(=O)[nH]1. The Labute approximate surface area is 228 Å². The highest BCUT2D eigenvalue weighted by molar-refractivity contribution is 7.47. The average Bonchev–Trinajstić information content (AvgIpc) is 3.67. The molecule has 0 radical (unpaired) electrons. The van der Waals surface area contributed by atoms with Crippen LogP contribution in [0.4, 0.5) is 5.95 Å². The summed E-state index contributed by atoms with van der Waals surface area (Å²) in [5.41, 5.74) is 5.22. The third-order valence-electron chi connectivity index (χ3n) is 6.83. The van der Waals surface area contributed by atoms with Gasteiger partial charge in [0.15, 0.2) is 22.3 Å². The van der Waals surface area contributed by atoms with Crippen molar-refractivity contribution < 1.29 is 38.2 Å². The molecule has 2 aliphatic heterocycles. The Morgan fingerprint density at radius 3 is 1.98 bits per heavy atom. The maximum absolute atomic E-state index is 12.6. The number of nitrogens with zero attached hydrogens (tertiary/aromatic N) is 6. The van der Waals surface area contributed by atoms with Gasteiger partial charge in [-0.2, -0.15) is 4.98 Å². The summed E-state index contributed by atoms with van der Waals surface area (Å²) in [5.74, 6) is 0.253. The molecule has 0 spiro atoms. The molecule has 2 saturated heterocycles. The minimum Gasteiger partial charge on any atom is -0.390 e. The molecule has 20 heteroatoms. The predicted molar refractivity (Wildman–Crippen MR) is 136 cm³/mol. The minimum atomic E-state index is -4.67. The number of H-pyrrole nitrogens is 2. The molecule has 2 fully saturated rings. The van der Waals surface area contributed by atoms with E-state index >= 15 is 0 Å². The topological polar surface area (TPSA) is 268 Å². The first-order valence-electron chi connectivity index (χ1n) is 12.4. The second kappa shape index (κ2) is 10.4. The molecule has 6 heterocycles. The fourth-order valence-electron chi connectivity index (χ4n) is 4.84. The van der Waals surface area contributed by atoms with Gasteiger partial charge in [0.25, 0.3) is 11.1 Å². The number of aliphatic hydroxyl groups is 2. The number of nitrogens with one attached hydrogen (secondary N) is 2. The van der Waals surface area contributed by atoms with E-state index in [2.05, 4.69) is 29.9 Å². The van der Waals surface area contributed by atoms with Crippen LogP contribution in [0.3, 0.4) is 0 Å². The Morgan fingerprint density at radius 2 is 1.44 bits per heavy atom. The molecule has 4 aromatic heterocycles. The molecule has 2 aliphatic rings. The fraction of sp³-hybridized carbons (Fsp3) is 0.524. The van der Waals surface area contributed by atoms with Gasteiger partial charge in [-0.15, -0.1) is 0 Å². The zero-order chi connectivity index (χ0) is 29.1. The number of aryl methyl sites for hydroxylation is 1. The maximum Gasteiger partial charge on any atom is 0.472 e. The lowest BCUT2D eigenvalue weighted by molar-refractivity contribution is -0.0559. The minimum absolute atomic E-state index is 0.0325. The van der Waals surface area contributed by atoms with Crippen molar-refractivity contribution in [3.8, 4) is 0 Å². The number of fused-ring (bicyclic) bond motifs is 2. The third-order valence-corrected chi connectivity index (χ3v) is 7.78. The van der Waals surface area contributed by atoms with Crippen molar-refractivity contribution in [1.29, 1.82) is 0 Å². The number of hydrogen-bond donors (Lipinski definition) is 6. The van der Waals surface area contributed by atoms with Crippen LogP contribution in [-0.2, 0) is 23.1 Å². The summed E-state index contributed by atoms with van der Waals surface area (Å²) in [6.45, 7) is 0.610. The number of nitrogens with two attached hydrogens (primary N) is 1. The van der Waals surface area contributed by atoms with Crippen LogP contribution in [-0.4, -0.2) is 91.8 Å². The summed E-state index contributed by atoms with van der Waals surface area (Å²) in [6, 6.07) is 0. The smallest absolute Gasteiger partial charge is 0.390 e. The number of ether oxygens (including phenoxy) is 2. The number of aromatic nitrogens is 8. The van der Waals surface area contributed by atoms with Gasteiger partial charge in [0, 0.05) is 12.8 Å². The van der Waals surface area contributed by atoms with E-state index in [1.807, 2.05) is 0 Å². The van der Waals surface area contributed by atoms with Crippen molar-refractivity contribution in [1.82, 2.24) is 39.0 Å². The molecule has 19 nitrogen and oxygen atoms in total. The average molecular weight is 595 g/mol. The van der Waals surface area contributed by atoms with E-state index in [1.54, 1.807) is 6.92 Å². The molecule has 220 valence electrons. The molecule has 4 unspecified atom stereocenters. The Morgan fingerprint density at radius 1 is 0.951 bits per heavy atom. The van der Waals surface area contributed by atoms with Crippen LogP contribution in [0.25, 0.3) is 22.3 Å². The fourth-order valence-corrected chi connectivity index (χ4v) is 5.59. The van der Waals surface area contributed by atoms with E-state index in [1.165, 1.54) is 21.8 Å². The zero-order valence-corrected chi connectivity index (χ0v) is 22.2. The van der Waals surface area contributed by atoms with Crippen LogP contribution in [0, 0.1) is 6.92 Å². The van der Waals surface area contributed by atoms with E-state index in [0.717, 1.165) is 0 Å². The first kappa shape index (κ1) is 27.6. The lowest BCUT2D eigenvalue weighted by atomic mass is 10.2. The lowest BCUT2D eigenvalue weighted by Gasteiger charge is -2.20. The molecule has 7 atom stereocenters. The van der Waals surface area contributed by atoms with E-state index in [9.17, 15) is 29.3 Å². The van der Waals surface area contributed by atoms with Gasteiger partial charge in [-0.05, 0) is 6.92 Å². The number of imidazole rings is 2. The van der Waals surface area contributed by atoms with Gasteiger partial charge < -0.3 is 35.3 Å². The molecule has 7 N–H and O–H groups in total. The van der Waals surface area contributed by atoms with Crippen LogP contribution in [0.1, 0.15) is 31.1 Å². The molecule has 41 heavy (non-hydrogen) atoms. The molecule has 0 amide bonds. The molecule has 0 bridgehead atoms. The Bertz CT molecular complexity index is 1640. The quantitative estimate of drug-likeness (QED) is 0.128. The number of rotatable bonds is 8. The van der Waals surface area contributed by atoms with E-state index in [-0.39, 0.29) is 41.1 Å². The Kier molecular flexibility index (Phi) is 6.99. The summed E-state index contributed by atoms with van der Waals surface area (Å²) >= 11 is 0. The van der Waals surface area contributed by atoms with Crippen LogP contribution < -0.4 is 16.9 Å². The number of aliphatic hydroxyl groups excluding tert-OH is 2. The van der Waals surface area contributed by atoms with Gasteiger partial charge in [-0.1, -0.05) is 0 Å². The van der Waals surface area contributed by atoms with Crippen molar-refractivity contribution in [2.75, 3.05) is 18.9 Å². The van der Waals surface area contributed by atoms with Crippen molar-refractivity contribution in [2.24, 2.45) is 0 Å². The number of aromatic amines is 2. The summed E-state index contributed by atoms with van der Waals surface area (Å²) in [5, 5.41) is 20.9.